The smallest absolute Gasteiger partial charge is 0.147 e. The van der Waals surface area contributed by atoms with Gasteiger partial charge >= 0.3 is 0 Å². The lowest BCUT2D eigenvalue weighted by molar-refractivity contribution is 0.600. The summed E-state index contributed by atoms with van der Waals surface area (Å²) >= 11 is 10.8. The lowest BCUT2D eigenvalue weighted by Gasteiger charge is -2.11. The Kier molecular flexibility index (Phi) is 5.37. The Morgan fingerprint density at radius 2 is 2.17 bits per heavy atom. The number of sulfone groups is 1. The van der Waals surface area contributed by atoms with Gasteiger partial charge in [0.1, 0.15) is 14.8 Å². The maximum atomic E-state index is 11.0. The van der Waals surface area contributed by atoms with Gasteiger partial charge in [0.05, 0.1) is 5.75 Å². The van der Waals surface area contributed by atoms with E-state index in [9.17, 15) is 8.42 Å². The van der Waals surface area contributed by atoms with Crippen molar-refractivity contribution in [2.24, 2.45) is 5.73 Å². The first-order chi connectivity index (χ1) is 8.29. The third-order valence-corrected chi connectivity index (χ3v) is 3.74. The maximum absolute atomic E-state index is 11.0. The van der Waals surface area contributed by atoms with Gasteiger partial charge in [0.2, 0.25) is 0 Å². The summed E-state index contributed by atoms with van der Waals surface area (Å²) < 4.78 is 22.0. The fraction of sp³-hybridized carbons (Fsp3) is 0.364. The normalized spacial score (nSPS) is 11.2. The summed E-state index contributed by atoms with van der Waals surface area (Å²) in [6.07, 6.45) is 1.74. The zero-order chi connectivity index (χ0) is 13.8. The Bertz CT molecular complexity index is 544. The minimum absolute atomic E-state index is 0.149. The molecule has 0 radical (unpaired) electrons. The summed E-state index contributed by atoms with van der Waals surface area (Å²) in [6, 6.07) is 5.18. The molecule has 4 nitrogen and oxygen atoms in total. The van der Waals surface area contributed by atoms with Gasteiger partial charge in [-0.1, -0.05) is 23.8 Å². The molecule has 0 aromatic heterocycles. The number of hydrogen-bond donors (Lipinski definition) is 2. The van der Waals surface area contributed by atoms with Gasteiger partial charge in [-0.15, -0.1) is 0 Å². The zero-order valence-corrected chi connectivity index (χ0v) is 12.3. The van der Waals surface area contributed by atoms with Crippen LogP contribution in [0.1, 0.15) is 12.0 Å². The molecule has 0 aliphatic rings. The SMILES string of the molecule is CS(=O)(=O)CCCNc1ccc(Cl)cc1C(N)=S. The summed E-state index contributed by atoms with van der Waals surface area (Å²) in [4.78, 5) is 0.253. The summed E-state index contributed by atoms with van der Waals surface area (Å²) in [6.45, 7) is 0.532. The zero-order valence-electron chi connectivity index (χ0n) is 9.94. The molecular formula is C11H15ClN2O2S2. The van der Waals surface area contributed by atoms with E-state index < -0.39 is 9.84 Å². The van der Waals surface area contributed by atoms with Crippen molar-refractivity contribution in [3.8, 4) is 0 Å². The van der Waals surface area contributed by atoms with E-state index in [2.05, 4.69) is 5.32 Å². The Morgan fingerprint density at radius 1 is 1.50 bits per heavy atom. The molecule has 0 atom stereocenters. The standard InChI is InChI=1S/C11H15ClN2O2S2/c1-18(15,16)6-2-5-14-10-4-3-8(12)7-9(10)11(13)17/h3-4,7,14H,2,5-6H2,1H3,(H2,13,17). The fourth-order valence-corrected chi connectivity index (χ4v) is 2.44. The highest BCUT2D eigenvalue weighted by Crippen LogP contribution is 2.20. The Hall–Kier alpha value is -0.850. The van der Waals surface area contributed by atoms with Crippen LogP contribution in [0.5, 0.6) is 0 Å². The van der Waals surface area contributed by atoms with Crippen LogP contribution in [0.25, 0.3) is 0 Å². The van der Waals surface area contributed by atoms with Crippen LogP contribution in [0.4, 0.5) is 5.69 Å². The number of hydrogen-bond acceptors (Lipinski definition) is 4. The molecule has 3 N–H and O–H groups in total. The molecule has 1 aromatic rings. The first-order valence-electron chi connectivity index (χ1n) is 5.30. The van der Waals surface area contributed by atoms with Crippen LogP contribution in [0.3, 0.4) is 0 Å². The van der Waals surface area contributed by atoms with Crippen LogP contribution in [-0.2, 0) is 9.84 Å². The van der Waals surface area contributed by atoms with Crippen molar-refractivity contribution in [1.29, 1.82) is 0 Å². The first-order valence-corrected chi connectivity index (χ1v) is 8.15. The van der Waals surface area contributed by atoms with E-state index in [-0.39, 0.29) is 10.7 Å². The molecule has 18 heavy (non-hydrogen) atoms. The maximum Gasteiger partial charge on any atom is 0.147 e. The third kappa shape index (κ3) is 5.20. The van der Waals surface area contributed by atoms with Gasteiger partial charge in [-0.05, 0) is 24.6 Å². The molecule has 0 aliphatic heterocycles. The van der Waals surface area contributed by atoms with E-state index in [1.807, 2.05) is 0 Å². The van der Waals surface area contributed by atoms with E-state index in [4.69, 9.17) is 29.6 Å². The van der Waals surface area contributed by atoms with Crippen molar-refractivity contribution in [3.63, 3.8) is 0 Å². The van der Waals surface area contributed by atoms with Crippen LogP contribution in [0.2, 0.25) is 5.02 Å². The first kappa shape index (κ1) is 15.2. The molecule has 1 aromatic carbocycles. The second-order valence-electron chi connectivity index (χ2n) is 3.96. The molecular weight excluding hydrogens is 292 g/mol. The van der Waals surface area contributed by atoms with Crippen molar-refractivity contribution in [2.45, 2.75) is 6.42 Å². The van der Waals surface area contributed by atoms with E-state index in [0.717, 1.165) is 5.69 Å². The van der Waals surface area contributed by atoms with Gasteiger partial charge in [0.25, 0.3) is 0 Å². The molecule has 0 saturated carbocycles. The number of nitrogens with two attached hydrogens (primary N) is 1. The number of nitrogens with one attached hydrogen (secondary N) is 1. The summed E-state index contributed by atoms with van der Waals surface area (Å²) in [7, 11) is -2.92. The summed E-state index contributed by atoms with van der Waals surface area (Å²) in [5.41, 5.74) is 7.02. The molecule has 0 saturated heterocycles. The van der Waals surface area contributed by atoms with Crippen molar-refractivity contribution in [2.75, 3.05) is 23.9 Å². The van der Waals surface area contributed by atoms with Crippen molar-refractivity contribution >= 4 is 44.3 Å². The summed E-state index contributed by atoms with van der Waals surface area (Å²) in [5.74, 6) is 0.149. The minimum Gasteiger partial charge on any atom is -0.389 e. The van der Waals surface area contributed by atoms with E-state index >= 15 is 0 Å². The van der Waals surface area contributed by atoms with Gasteiger partial charge < -0.3 is 11.1 Å². The fourth-order valence-electron chi connectivity index (χ4n) is 1.43. The molecule has 0 spiro atoms. The van der Waals surface area contributed by atoms with Crippen LogP contribution in [0.15, 0.2) is 18.2 Å². The van der Waals surface area contributed by atoms with Crippen molar-refractivity contribution in [1.82, 2.24) is 0 Å². The molecule has 1 rings (SSSR count). The predicted octanol–water partition coefficient (Wildman–Crippen LogP) is 1.82. The Morgan fingerprint density at radius 3 is 2.72 bits per heavy atom. The second-order valence-corrected chi connectivity index (χ2v) is 7.10. The predicted molar refractivity (Wildman–Crippen MR) is 80.2 cm³/mol. The van der Waals surface area contributed by atoms with Gasteiger partial charge in [0, 0.05) is 29.1 Å². The van der Waals surface area contributed by atoms with Crippen LogP contribution in [-0.4, -0.2) is 32.0 Å². The average molecular weight is 307 g/mol. The Labute approximate surface area is 117 Å². The van der Waals surface area contributed by atoms with E-state index in [1.165, 1.54) is 6.26 Å². The average Bonchev–Trinajstić information content (AvgIpc) is 2.24. The molecule has 0 fully saturated rings. The van der Waals surface area contributed by atoms with Gasteiger partial charge in [0.15, 0.2) is 0 Å². The quantitative estimate of drug-likeness (QED) is 0.619. The molecule has 7 heteroatoms. The lowest BCUT2D eigenvalue weighted by Crippen LogP contribution is -2.15. The Balaban J connectivity index is 2.65. The lowest BCUT2D eigenvalue weighted by atomic mass is 10.1. The molecule has 0 unspecified atom stereocenters. The minimum atomic E-state index is -2.92. The highest BCUT2D eigenvalue weighted by atomic mass is 35.5. The number of anilines is 1. The van der Waals surface area contributed by atoms with Crippen LogP contribution in [0, 0.1) is 0 Å². The van der Waals surface area contributed by atoms with Gasteiger partial charge in [-0.2, -0.15) is 0 Å². The monoisotopic (exact) mass is 306 g/mol. The molecule has 0 amide bonds. The largest absolute Gasteiger partial charge is 0.389 e. The molecule has 100 valence electrons. The third-order valence-electron chi connectivity index (χ3n) is 2.25. The van der Waals surface area contributed by atoms with E-state index in [1.54, 1.807) is 18.2 Å². The number of halogens is 1. The van der Waals surface area contributed by atoms with Crippen molar-refractivity contribution in [3.05, 3.63) is 28.8 Å². The molecule has 0 heterocycles. The van der Waals surface area contributed by atoms with Gasteiger partial charge in [-0.3, -0.25) is 0 Å². The van der Waals surface area contributed by atoms with Gasteiger partial charge in [-0.25, -0.2) is 8.42 Å². The van der Waals surface area contributed by atoms with E-state index in [0.29, 0.717) is 23.6 Å². The number of thiocarbonyl (C=S) groups is 1. The second kappa shape index (κ2) is 6.36. The molecule has 0 aliphatic carbocycles. The van der Waals surface area contributed by atoms with Crippen molar-refractivity contribution < 1.29 is 8.42 Å². The molecule has 0 bridgehead atoms. The number of rotatable bonds is 6. The highest BCUT2D eigenvalue weighted by molar-refractivity contribution is 7.90. The van der Waals surface area contributed by atoms with Crippen LogP contribution < -0.4 is 11.1 Å². The van der Waals surface area contributed by atoms with Crippen LogP contribution >= 0.6 is 23.8 Å². The topological polar surface area (TPSA) is 72.2 Å². The highest BCUT2D eigenvalue weighted by Gasteiger charge is 2.06. The summed E-state index contributed by atoms with van der Waals surface area (Å²) in [5, 5.41) is 3.66. The number of benzene rings is 1.